The third kappa shape index (κ3) is 3.85. The molecule has 1 heterocycles. The summed E-state index contributed by atoms with van der Waals surface area (Å²) >= 11 is 0. The second kappa shape index (κ2) is 6.60. The topological polar surface area (TPSA) is 51.2 Å². The van der Waals surface area contributed by atoms with E-state index in [4.69, 9.17) is 4.74 Å². The number of aromatic nitrogens is 1. The van der Waals surface area contributed by atoms with Crippen LogP contribution >= 0.6 is 0 Å². The van der Waals surface area contributed by atoms with Gasteiger partial charge in [0.1, 0.15) is 0 Å². The van der Waals surface area contributed by atoms with E-state index < -0.39 is 0 Å². The van der Waals surface area contributed by atoms with Gasteiger partial charge < -0.3 is 10.1 Å². The molecule has 0 aliphatic carbocycles. The smallest absolute Gasteiger partial charge is 0.251 e. The van der Waals surface area contributed by atoms with Gasteiger partial charge in [-0.1, -0.05) is 39.0 Å². The Morgan fingerprint density at radius 1 is 1.18 bits per heavy atom. The molecule has 1 aromatic carbocycles. The van der Waals surface area contributed by atoms with Crippen LogP contribution in [0.5, 0.6) is 5.88 Å². The lowest BCUT2D eigenvalue weighted by Crippen LogP contribution is -2.23. The van der Waals surface area contributed by atoms with Crippen LogP contribution in [0.15, 0.2) is 42.6 Å². The predicted octanol–water partition coefficient (Wildman–Crippen LogP) is 3.32. The van der Waals surface area contributed by atoms with E-state index in [0.29, 0.717) is 18.0 Å². The van der Waals surface area contributed by atoms with Gasteiger partial charge >= 0.3 is 0 Å². The average Bonchev–Trinajstić information content (AvgIpc) is 2.52. The highest BCUT2D eigenvalue weighted by Gasteiger charge is 2.14. The van der Waals surface area contributed by atoms with Crippen molar-refractivity contribution >= 4 is 5.91 Å². The Kier molecular flexibility index (Phi) is 4.81. The van der Waals surface area contributed by atoms with E-state index in [-0.39, 0.29) is 11.3 Å². The largest absolute Gasteiger partial charge is 0.481 e. The first-order valence-corrected chi connectivity index (χ1v) is 7.28. The Morgan fingerprint density at radius 2 is 1.86 bits per heavy atom. The second-order valence-electron chi connectivity index (χ2n) is 6.18. The van der Waals surface area contributed by atoms with Crippen molar-refractivity contribution < 1.29 is 9.53 Å². The van der Waals surface area contributed by atoms with Gasteiger partial charge in [0.05, 0.1) is 7.11 Å². The Hall–Kier alpha value is -2.36. The number of carbonyl (C=O) groups excluding carboxylic acids is 1. The van der Waals surface area contributed by atoms with Gasteiger partial charge in [0.15, 0.2) is 0 Å². The Balaban J connectivity index is 2.03. The highest BCUT2D eigenvalue weighted by molar-refractivity contribution is 5.94. The van der Waals surface area contributed by atoms with Crippen molar-refractivity contribution in [1.82, 2.24) is 10.3 Å². The third-order valence-corrected chi connectivity index (χ3v) is 3.50. The predicted molar refractivity (Wildman–Crippen MR) is 87.1 cm³/mol. The van der Waals surface area contributed by atoms with Gasteiger partial charge in [-0.3, -0.25) is 4.79 Å². The molecule has 0 atom stereocenters. The SMILES string of the molecule is COc1ncccc1CNC(=O)c1ccc(C(C)(C)C)cc1. The minimum Gasteiger partial charge on any atom is -0.481 e. The maximum absolute atomic E-state index is 12.2. The molecule has 1 N–H and O–H groups in total. The maximum atomic E-state index is 12.2. The molecule has 0 saturated carbocycles. The Bertz CT molecular complexity index is 643. The first-order valence-electron chi connectivity index (χ1n) is 7.28. The molecule has 4 nitrogen and oxygen atoms in total. The number of carbonyl (C=O) groups is 1. The molecule has 0 spiro atoms. The van der Waals surface area contributed by atoms with E-state index in [0.717, 1.165) is 5.56 Å². The summed E-state index contributed by atoms with van der Waals surface area (Å²) in [4.78, 5) is 16.3. The highest BCUT2D eigenvalue weighted by Crippen LogP contribution is 2.22. The van der Waals surface area contributed by atoms with Crippen molar-refractivity contribution in [3.05, 3.63) is 59.3 Å². The molecule has 0 saturated heterocycles. The van der Waals surface area contributed by atoms with Crippen LogP contribution in [0, 0.1) is 0 Å². The summed E-state index contributed by atoms with van der Waals surface area (Å²) in [7, 11) is 1.57. The highest BCUT2D eigenvalue weighted by atomic mass is 16.5. The minimum atomic E-state index is -0.105. The number of methoxy groups -OCH3 is 1. The van der Waals surface area contributed by atoms with Gasteiger partial charge in [0.2, 0.25) is 5.88 Å². The fourth-order valence-electron chi connectivity index (χ4n) is 2.14. The minimum absolute atomic E-state index is 0.0814. The quantitative estimate of drug-likeness (QED) is 0.942. The maximum Gasteiger partial charge on any atom is 0.251 e. The van der Waals surface area contributed by atoms with E-state index in [1.165, 1.54) is 5.56 Å². The van der Waals surface area contributed by atoms with Gasteiger partial charge in [-0.15, -0.1) is 0 Å². The first kappa shape index (κ1) is 16.0. The summed E-state index contributed by atoms with van der Waals surface area (Å²) in [5.74, 6) is 0.428. The van der Waals surface area contributed by atoms with Crippen LogP contribution in [0.25, 0.3) is 0 Å². The molecular weight excluding hydrogens is 276 g/mol. The summed E-state index contributed by atoms with van der Waals surface area (Å²) in [6.45, 7) is 6.83. The van der Waals surface area contributed by atoms with Crippen LogP contribution in [0.3, 0.4) is 0 Å². The Morgan fingerprint density at radius 3 is 2.45 bits per heavy atom. The number of hydrogen-bond donors (Lipinski definition) is 1. The molecule has 0 bridgehead atoms. The van der Waals surface area contributed by atoms with Crippen LogP contribution in [0.2, 0.25) is 0 Å². The lowest BCUT2D eigenvalue weighted by atomic mass is 9.87. The summed E-state index contributed by atoms with van der Waals surface area (Å²) in [5, 5.41) is 2.89. The lowest BCUT2D eigenvalue weighted by molar-refractivity contribution is 0.0950. The second-order valence-corrected chi connectivity index (χ2v) is 6.18. The lowest BCUT2D eigenvalue weighted by Gasteiger charge is -2.19. The molecule has 116 valence electrons. The number of nitrogens with zero attached hydrogens (tertiary/aromatic N) is 1. The molecule has 22 heavy (non-hydrogen) atoms. The van der Waals surface area contributed by atoms with E-state index in [9.17, 15) is 4.79 Å². The molecule has 0 unspecified atom stereocenters. The van der Waals surface area contributed by atoms with E-state index in [1.54, 1.807) is 13.3 Å². The molecule has 2 aromatic rings. The standard InChI is InChI=1S/C18H22N2O2/c1-18(2,3)15-9-7-13(8-10-15)16(21)20-12-14-6-5-11-19-17(14)22-4/h5-11H,12H2,1-4H3,(H,20,21). The molecule has 1 amide bonds. The van der Waals surface area contributed by atoms with Crippen LogP contribution in [-0.2, 0) is 12.0 Å². The number of benzene rings is 1. The van der Waals surface area contributed by atoms with E-state index in [2.05, 4.69) is 31.1 Å². The summed E-state index contributed by atoms with van der Waals surface area (Å²) in [5.41, 5.74) is 2.79. The third-order valence-electron chi connectivity index (χ3n) is 3.50. The van der Waals surface area contributed by atoms with Crippen molar-refractivity contribution in [2.45, 2.75) is 32.7 Å². The number of pyridine rings is 1. The van der Waals surface area contributed by atoms with Gasteiger partial charge in [0.25, 0.3) is 5.91 Å². The zero-order valence-corrected chi connectivity index (χ0v) is 13.5. The average molecular weight is 298 g/mol. The molecule has 4 heteroatoms. The zero-order chi connectivity index (χ0) is 16.2. The van der Waals surface area contributed by atoms with Crippen LogP contribution in [-0.4, -0.2) is 18.0 Å². The Labute approximate surface area is 131 Å². The molecule has 2 rings (SSSR count). The van der Waals surface area contributed by atoms with Crippen LogP contribution in [0.4, 0.5) is 0 Å². The van der Waals surface area contributed by atoms with E-state index in [1.807, 2.05) is 36.4 Å². The van der Waals surface area contributed by atoms with Crippen molar-refractivity contribution in [3.63, 3.8) is 0 Å². The number of hydrogen-bond acceptors (Lipinski definition) is 3. The normalized spacial score (nSPS) is 11.1. The van der Waals surface area contributed by atoms with Crippen molar-refractivity contribution in [2.24, 2.45) is 0 Å². The van der Waals surface area contributed by atoms with Crippen LogP contribution in [0.1, 0.15) is 42.3 Å². The van der Waals surface area contributed by atoms with Crippen LogP contribution < -0.4 is 10.1 Å². The number of ether oxygens (including phenoxy) is 1. The van der Waals surface area contributed by atoms with Crippen molar-refractivity contribution in [2.75, 3.05) is 7.11 Å². The number of rotatable bonds is 4. The summed E-state index contributed by atoms with van der Waals surface area (Å²) < 4.78 is 5.17. The fraction of sp³-hybridized carbons (Fsp3) is 0.333. The summed E-state index contributed by atoms with van der Waals surface area (Å²) in [6.07, 6.45) is 1.66. The first-order chi connectivity index (χ1) is 10.4. The number of amides is 1. The zero-order valence-electron chi connectivity index (χ0n) is 13.5. The van der Waals surface area contributed by atoms with Gasteiger partial charge in [0, 0.05) is 23.9 Å². The van der Waals surface area contributed by atoms with Gasteiger partial charge in [-0.05, 0) is 29.2 Å². The van der Waals surface area contributed by atoms with Crippen molar-refractivity contribution in [1.29, 1.82) is 0 Å². The van der Waals surface area contributed by atoms with Crippen molar-refractivity contribution in [3.8, 4) is 5.88 Å². The molecule has 0 radical (unpaired) electrons. The van der Waals surface area contributed by atoms with E-state index >= 15 is 0 Å². The van der Waals surface area contributed by atoms with Gasteiger partial charge in [-0.2, -0.15) is 0 Å². The number of nitrogens with one attached hydrogen (secondary N) is 1. The molecular formula is C18H22N2O2. The fourth-order valence-corrected chi connectivity index (χ4v) is 2.14. The molecule has 0 fully saturated rings. The molecule has 0 aliphatic rings. The monoisotopic (exact) mass is 298 g/mol. The molecule has 1 aromatic heterocycles. The summed E-state index contributed by atoms with van der Waals surface area (Å²) in [6, 6.07) is 11.4. The molecule has 0 aliphatic heterocycles. The van der Waals surface area contributed by atoms with Gasteiger partial charge in [-0.25, -0.2) is 4.98 Å².